The van der Waals surface area contributed by atoms with Crippen LogP contribution in [0.5, 0.6) is 0 Å². The van der Waals surface area contributed by atoms with Gasteiger partial charge >= 0.3 is 0 Å². The topological polar surface area (TPSA) is 0 Å². The number of hydrogen-bond acceptors (Lipinski definition) is 0. The lowest BCUT2D eigenvalue weighted by atomic mass is 9.97. The van der Waals surface area contributed by atoms with E-state index in [1.54, 1.807) is 0 Å². The molecule has 0 aromatic heterocycles. The van der Waals surface area contributed by atoms with Crippen LogP contribution in [0.3, 0.4) is 0 Å². The summed E-state index contributed by atoms with van der Waals surface area (Å²) in [5, 5.41) is 1.56. The maximum Gasteiger partial charge on any atom is 0.0406 e. The summed E-state index contributed by atoms with van der Waals surface area (Å²) in [5.41, 5.74) is 2.31. The molecular weight excluding hydrogens is 215 g/mol. The van der Waals surface area contributed by atoms with Crippen LogP contribution in [-0.4, -0.2) is 0 Å². The van der Waals surface area contributed by atoms with Crippen molar-refractivity contribution in [1.29, 1.82) is 0 Å². The highest BCUT2D eigenvalue weighted by molar-refractivity contribution is 6.32. The van der Waals surface area contributed by atoms with Crippen LogP contribution in [0.25, 0.3) is 5.57 Å². The van der Waals surface area contributed by atoms with Gasteiger partial charge in [0, 0.05) is 10.1 Å². The van der Waals surface area contributed by atoms with Gasteiger partial charge in [-0.2, -0.15) is 0 Å². The van der Waals surface area contributed by atoms with Gasteiger partial charge in [0.15, 0.2) is 0 Å². The maximum absolute atomic E-state index is 5.93. The van der Waals surface area contributed by atoms with E-state index in [0.717, 1.165) is 27.6 Å². The third-order valence-corrected chi connectivity index (χ3v) is 2.64. The Hall–Kier alpha value is -0.720. The van der Waals surface area contributed by atoms with Crippen LogP contribution in [0, 0.1) is 6.42 Å². The van der Waals surface area contributed by atoms with Gasteiger partial charge in [-0.05, 0) is 42.2 Å². The third kappa shape index (κ3) is 2.20. The normalized spacial score (nSPS) is 16.1. The van der Waals surface area contributed by atoms with Crippen molar-refractivity contribution < 1.29 is 0 Å². The van der Waals surface area contributed by atoms with Crippen molar-refractivity contribution in [3.63, 3.8) is 0 Å². The first kappa shape index (κ1) is 9.82. The summed E-state index contributed by atoms with van der Waals surface area (Å²) in [6.07, 6.45) is 7.00. The van der Waals surface area contributed by atoms with Crippen molar-refractivity contribution in [3.05, 3.63) is 58.5 Å². The number of benzene rings is 1. The first-order chi connectivity index (χ1) is 6.75. The Morgan fingerprint density at radius 1 is 1.00 bits per heavy atom. The molecule has 71 valence electrons. The molecular formula is C12H9Cl2. The zero-order valence-electron chi connectivity index (χ0n) is 7.50. The molecule has 2 rings (SSSR count). The number of allylic oxidation sites excluding steroid dienone is 4. The summed E-state index contributed by atoms with van der Waals surface area (Å²) >= 11 is 11.7. The highest BCUT2D eigenvalue weighted by Gasteiger charge is 2.06. The second-order valence-electron chi connectivity index (χ2n) is 3.14. The van der Waals surface area contributed by atoms with Crippen LogP contribution in [0.15, 0.2) is 41.4 Å². The van der Waals surface area contributed by atoms with Gasteiger partial charge in [-0.15, -0.1) is 0 Å². The Morgan fingerprint density at radius 2 is 1.71 bits per heavy atom. The number of hydrogen-bond donors (Lipinski definition) is 0. The highest BCUT2D eigenvalue weighted by atomic mass is 35.5. The Morgan fingerprint density at radius 3 is 2.36 bits per heavy atom. The Balaban J connectivity index is 2.31. The van der Waals surface area contributed by atoms with Crippen molar-refractivity contribution in [2.45, 2.75) is 6.42 Å². The molecule has 1 aliphatic carbocycles. The van der Waals surface area contributed by atoms with Gasteiger partial charge in [0.1, 0.15) is 0 Å². The molecule has 1 aromatic carbocycles. The van der Waals surface area contributed by atoms with Gasteiger partial charge in [-0.1, -0.05) is 41.4 Å². The van der Waals surface area contributed by atoms with Gasteiger partial charge in [-0.25, -0.2) is 0 Å². The van der Waals surface area contributed by atoms with E-state index in [-0.39, 0.29) is 0 Å². The quantitative estimate of drug-likeness (QED) is 0.660. The molecule has 2 heteroatoms. The van der Waals surface area contributed by atoms with E-state index in [2.05, 4.69) is 6.42 Å². The fraction of sp³-hybridized carbons (Fsp3) is 0.0833. The van der Waals surface area contributed by atoms with E-state index in [9.17, 15) is 0 Å². The molecule has 1 aromatic rings. The molecule has 14 heavy (non-hydrogen) atoms. The lowest BCUT2D eigenvalue weighted by Gasteiger charge is -2.10. The largest absolute Gasteiger partial charge is 0.0847 e. The molecule has 0 saturated carbocycles. The lowest BCUT2D eigenvalue weighted by Crippen LogP contribution is -1.90. The molecule has 0 heterocycles. The minimum absolute atomic E-state index is 0.756. The second kappa shape index (κ2) is 4.20. The fourth-order valence-electron chi connectivity index (χ4n) is 1.41. The molecule has 0 bridgehead atoms. The predicted octanol–water partition coefficient (Wildman–Crippen LogP) is 4.45. The van der Waals surface area contributed by atoms with Crippen molar-refractivity contribution in [2.24, 2.45) is 0 Å². The van der Waals surface area contributed by atoms with E-state index in [1.807, 2.05) is 36.4 Å². The fourth-order valence-corrected chi connectivity index (χ4v) is 1.74. The van der Waals surface area contributed by atoms with Gasteiger partial charge in [0.2, 0.25) is 0 Å². The number of halogens is 2. The molecule has 0 nitrogen and oxygen atoms in total. The van der Waals surface area contributed by atoms with Crippen molar-refractivity contribution in [3.8, 4) is 0 Å². The van der Waals surface area contributed by atoms with Gasteiger partial charge < -0.3 is 0 Å². The molecule has 0 N–H and O–H groups in total. The lowest BCUT2D eigenvalue weighted by molar-refractivity contribution is 1.26. The predicted molar refractivity (Wildman–Crippen MR) is 62.3 cm³/mol. The van der Waals surface area contributed by atoms with Crippen LogP contribution in [0.2, 0.25) is 5.02 Å². The molecule has 0 atom stereocenters. The average molecular weight is 224 g/mol. The van der Waals surface area contributed by atoms with E-state index >= 15 is 0 Å². The molecule has 0 unspecified atom stereocenters. The average Bonchev–Trinajstić information content (AvgIpc) is 2.19. The zero-order chi connectivity index (χ0) is 9.97. The second-order valence-corrected chi connectivity index (χ2v) is 4.01. The molecule has 0 amide bonds. The van der Waals surface area contributed by atoms with Crippen LogP contribution in [0.1, 0.15) is 12.0 Å². The molecule has 0 aliphatic heterocycles. The summed E-state index contributed by atoms with van der Waals surface area (Å²) in [4.78, 5) is 0. The summed E-state index contributed by atoms with van der Waals surface area (Å²) in [5.74, 6) is 0. The van der Waals surface area contributed by atoms with E-state index < -0.39 is 0 Å². The first-order valence-electron chi connectivity index (χ1n) is 4.42. The molecule has 0 saturated heterocycles. The first-order valence-corrected chi connectivity index (χ1v) is 5.18. The summed E-state index contributed by atoms with van der Waals surface area (Å²) in [6, 6.07) is 7.77. The van der Waals surface area contributed by atoms with E-state index in [4.69, 9.17) is 23.2 Å². The monoisotopic (exact) mass is 223 g/mol. The van der Waals surface area contributed by atoms with Gasteiger partial charge in [-0.3, -0.25) is 0 Å². The summed E-state index contributed by atoms with van der Waals surface area (Å²) < 4.78 is 0. The van der Waals surface area contributed by atoms with Gasteiger partial charge in [0.05, 0.1) is 0 Å². The minimum atomic E-state index is 0.756. The minimum Gasteiger partial charge on any atom is -0.0847 e. The molecule has 1 aliphatic rings. The molecule has 0 spiro atoms. The smallest absolute Gasteiger partial charge is 0.0406 e. The Bertz CT molecular complexity index is 385. The summed E-state index contributed by atoms with van der Waals surface area (Å²) in [7, 11) is 0. The number of rotatable bonds is 1. The molecule has 0 fully saturated rings. The van der Waals surface area contributed by atoms with Crippen LogP contribution < -0.4 is 0 Å². The molecule has 1 radical (unpaired) electrons. The summed E-state index contributed by atoms with van der Waals surface area (Å²) in [6.45, 7) is 0. The highest BCUT2D eigenvalue weighted by Crippen LogP contribution is 2.27. The Kier molecular flexibility index (Phi) is 2.95. The van der Waals surface area contributed by atoms with E-state index in [1.165, 1.54) is 0 Å². The third-order valence-electron chi connectivity index (χ3n) is 2.12. The maximum atomic E-state index is 5.93. The Labute approximate surface area is 93.8 Å². The van der Waals surface area contributed by atoms with Crippen molar-refractivity contribution in [1.82, 2.24) is 0 Å². The SMILES string of the molecule is ClC1=CC[CH]C(c2ccc(Cl)cc2)=C1. The van der Waals surface area contributed by atoms with Crippen molar-refractivity contribution in [2.75, 3.05) is 0 Å². The van der Waals surface area contributed by atoms with Crippen molar-refractivity contribution >= 4 is 28.8 Å². The van der Waals surface area contributed by atoms with E-state index in [0.29, 0.717) is 0 Å². The van der Waals surface area contributed by atoms with Crippen LogP contribution in [0.4, 0.5) is 0 Å². The van der Waals surface area contributed by atoms with Crippen LogP contribution in [-0.2, 0) is 0 Å². The zero-order valence-corrected chi connectivity index (χ0v) is 9.02. The van der Waals surface area contributed by atoms with Crippen LogP contribution >= 0.6 is 23.2 Å². The standard InChI is InChI=1S/C12H9Cl2/c13-11-6-4-9(5-7-11)10-2-1-3-12(14)8-10/h2-8H,1H2. The van der Waals surface area contributed by atoms with Gasteiger partial charge in [0.25, 0.3) is 0 Å².